The molecule has 1 fully saturated rings. The van der Waals surface area contributed by atoms with Gasteiger partial charge in [0.05, 0.1) is 17.5 Å². The van der Waals surface area contributed by atoms with Crippen LogP contribution in [0.4, 0.5) is 0 Å². The first-order valence-electron chi connectivity index (χ1n) is 6.66. The Hall–Kier alpha value is -1.40. The molecule has 6 heteroatoms. The van der Waals surface area contributed by atoms with Gasteiger partial charge in [-0.15, -0.1) is 0 Å². The van der Waals surface area contributed by atoms with Crippen LogP contribution in [0.15, 0.2) is 27.2 Å². The van der Waals surface area contributed by atoms with Crippen molar-refractivity contribution in [2.24, 2.45) is 0 Å². The van der Waals surface area contributed by atoms with E-state index in [0.29, 0.717) is 11.7 Å². The van der Waals surface area contributed by atoms with Crippen LogP contribution < -0.4 is 10.1 Å². The van der Waals surface area contributed by atoms with Gasteiger partial charge in [0.25, 0.3) is 0 Å². The summed E-state index contributed by atoms with van der Waals surface area (Å²) in [4.78, 5) is 4.52. The van der Waals surface area contributed by atoms with Gasteiger partial charge in [0.1, 0.15) is 5.75 Å². The zero-order chi connectivity index (χ0) is 13.9. The molecule has 1 saturated heterocycles. The summed E-state index contributed by atoms with van der Waals surface area (Å²) in [6, 6.07) is 5.75. The lowest BCUT2D eigenvalue weighted by molar-refractivity contribution is 0.322. The summed E-state index contributed by atoms with van der Waals surface area (Å²) >= 11 is 3.47. The molecule has 1 atom stereocenters. The zero-order valence-corrected chi connectivity index (χ0v) is 12.8. The number of halogens is 1. The van der Waals surface area contributed by atoms with Crippen LogP contribution in [-0.2, 0) is 0 Å². The van der Waals surface area contributed by atoms with Crippen molar-refractivity contribution in [3.05, 3.63) is 28.6 Å². The second kappa shape index (κ2) is 5.93. The number of methoxy groups -OCH3 is 1. The number of ether oxygens (including phenoxy) is 1. The normalized spacial score (nSPS) is 19.0. The van der Waals surface area contributed by atoms with E-state index in [2.05, 4.69) is 31.4 Å². The van der Waals surface area contributed by atoms with E-state index in [0.717, 1.165) is 47.6 Å². The minimum atomic E-state index is 0.326. The van der Waals surface area contributed by atoms with Crippen LogP contribution in [0.1, 0.15) is 24.7 Å². The Balaban J connectivity index is 1.84. The number of hydrogen-bond acceptors (Lipinski definition) is 5. The van der Waals surface area contributed by atoms with Crippen molar-refractivity contribution in [1.29, 1.82) is 0 Å². The fraction of sp³-hybridized carbons (Fsp3) is 0.429. The maximum Gasteiger partial charge on any atom is 0.231 e. The molecule has 1 aromatic heterocycles. The van der Waals surface area contributed by atoms with Crippen LogP contribution in [0, 0.1) is 0 Å². The summed E-state index contributed by atoms with van der Waals surface area (Å²) in [6.45, 7) is 1.98. The molecule has 106 valence electrons. The first kappa shape index (κ1) is 13.6. The van der Waals surface area contributed by atoms with Gasteiger partial charge in [-0.2, -0.15) is 4.98 Å². The van der Waals surface area contributed by atoms with Gasteiger partial charge >= 0.3 is 0 Å². The van der Waals surface area contributed by atoms with E-state index in [9.17, 15) is 0 Å². The molecule has 1 aliphatic rings. The molecule has 0 saturated carbocycles. The lowest BCUT2D eigenvalue weighted by Gasteiger charge is -2.18. The minimum Gasteiger partial charge on any atom is -0.496 e. The lowest BCUT2D eigenvalue weighted by atomic mass is 10.00. The van der Waals surface area contributed by atoms with Gasteiger partial charge in [0.15, 0.2) is 0 Å². The highest BCUT2D eigenvalue weighted by Gasteiger charge is 2.21. The van der Waals surface area contributed by atoms with Gasteiger partial charge in [-0.25, -0.2) is 0 Å². The SMILES string of the molecule is COc1ccc(-c2noc(C3CCCNC3)n2)cc1Br. The number of benzene rings is 1. The first-order chi connectivity index (χ1) is 9.78. The Morgan fingerprint density at radius 3 is 3.05 bits per heavy atom. The van der Waals surface area contributed by atoms with E-state index in [1.165, 1.54) is 0 Å². The van der Waals surface area contributed by atoms with Crippen molar-refractivity contribution in [1.82, 2.24) is 15.5 Å². The fourth-order valence-electron chi connectivity index (χ4n) is 2.39. The summed E-state index contributed by atoms with van der Waals surface area (Å²) < 4.78 is 11.5. The Morgan fingerprint density at radius 1 is 1.45 bits per heavy atom. The second-order valence-electron chi connectivity index (χ2n) is 4.85. The van der Waals surface area contributed by atoms with Gasteiger partial charge in [0.2, 0.25) is 11.7 Å². The molecule has 0 aliphatic carbocycles. The van der Waals surface area contributed by atoms with E-state index in [4.69, 9.17) is 9.26 Å². The van der Waals surface area contributed by atoms with Crippen LogP contribution in [-0.4, -0.2) is 30.3 Å². The summed E-state index contributed by atoms with van der Waals surface area (Å²) in [7, 11) is 1.64. The van der Waals surface area contributed by atoms with Crippen molar-refractivity contribution >= 4 is 15.9 Å². The van der Waals surface area contributed by atoms with Crippen molar-refractivity contribution < 1.29 is 9.26 Å². The van der Waals surface area contributed by atoms with Crippen molar-refractivity contribution in [2.45, 2.75) is 18.8 Å². The number of hydrogen-bond donors (Lipinski definition) is 1. The van der Waals surface area contributed by atoms with E-state index >= 15 is 0 Å². The molecule has 1 aromatic carbocycles. The Labute approximate surface area is 125 Å². The van der Waals surface area contributed by atoms with Crippen molar-refractivity contribution in [2.75, 3.05) is 20.2 Å². The third-order valence-electron chi connectivity index (χ3n) is 3.50. The van der Waals surface area contributed by atoms with Gasteiger partial charge in [0, 0.05) is 12.1 Å². The van der Waals surface area contributed by atoms with E-state index < -0.39 is 0 Å². The molecule has 5 nitrogen and oxygen atoms in total. The Kier molecular flexibility index (Phi) is 4.03. The average Bonchev–Trinajstić information content (AvgIpc) is 2.98. The number of piperidine rings is 1. The van der Waals surface area contributed by atoms with Gasteiger partial charge < -0.3 is 14.6 Å². The maximum atomic E-state index is 5.41. The largest absolute Gasteiger partial charge is 0.496 e. The minimum absolute atomic E-state index is 0.326. The Bertz CT molecular complexity index is 594. The van der Waals surface area contributed by atoms with Crippen molar-refractivity contribution in [3.8, 4) is 17.1 Å². The molecular weight excluding hydrogens is 322 g/mol. The smallest absolute Gasteiger partial charge is 0.231 e. The molecule has 1 aliphatic heterocycles. The number of nitrogens with zero attached hydrogens (tertiary/aromatic N) is 2. The highest BCUT2D eigenvalue weighted by Crippen LogP contribution is 2.30. The maximum absolute atomic E-state index is 5.41. The third kappa shape index (κ3) is 2.71. The van der Waals surface area contributed by atoms with Crippen LogP contribution >= 0.6 is 15.9 Å². The van der Waals surface area contributed by atoms with Crippen LogP contribution in [0.3, 0.4) is 0 Å². The standard InChI is InChI=1S/C14H16BrN3O2/c1-19-12-5-4-9(7-11(12)15)13-17-14(20-18-13)10-3-2-6-16-8-10/h4-5,7,10,16H,2-3,6,8H2,1H3. The highest BCUT2D eigenvalue weighted by molar-refractivity contribution is 9.10. The number of aromatic nitrogens is 2. The first-order valence-corrected chi connectivity index (χ1v) is 7.45. The molecule has 0 spiro atoms. The predicted octanol–water partition coefficient (Wildman–Crippen LogP) is 2.97. The molecule has 0 bridgehead atoms. The van der Waals surface area contributed by atoms with Crippen LogP contribution in [0.2, 0.25) is 0 Å². The summed E-state index contributed by atoms with van der Waals surface area (Å²) in [5, 5.41) is 7.44. The third-order valence-corrected chi connectivity index (χ3v) is 4.12. The van der Waals surface area contributed by atoms with Crippen LogP contribution in [0.25, 0.3) is 11.4 Å². The topological polar surface area (TPSA) is 60.2 Å². The monoisotopic (exact) mass is 337 g/mol. The summed E-state index contributed by atoms with van der Waals surface area (Å²) in [6.07, 6.45) is 2.25. The molecule has 2 heterocycles. The zero-order valence-electron chi connectivity index (χ0n) is 11.2. The quantitative estimate of drug-likeness (QED) is 0.932. The molecule has 3 rings (SSSR count). The van der Waals surface area contributed by atoms with E-state index in [1.807, 2.05) is 18.2 Å². The van der Waals surface area contributed by atoms with Crippen molar-refractivity contribution in [3.63, 3.8) is 0 Å². The summed E-state index contributed by atoms with van der Waals surface area (Å²) in [5.41, 5.74) is 0.913. The van der Waals surface area contributed by atoms with Gasteiger partial charge in [-0.1, -0.05) is 5.16 Å². The molecule has 1 unspecified atom stereocenters. The number of rotatable bonds is 3. The van der Waals surface area contributed by atoms with Gasteiger partial charge in [-0.3, -0.25) is 0 Å². The van der Waals surface area contributed by atoms with Crippen LogP contribution in [0.5, 0.6) is 5.75 Å². The summed E-state index contributed by atoms with van der Waals surface area (Å²) in [5.74, 6) is 2.45. The van der Waals surface area contributed by atoms with E-state index in [1.54, 1.807) is 7.11 Å². The molecule has 2 aromatic rings. The fourth-order valence-corrected chi connectivity index (χ4v) is 2.93. The average molecular weight is 338 g/mol. The molecule has 0 radical (unpaired) electrons. The molecule has 0 amide bonds. The second-order valence-corrected chi connectivity index (χ2v) is 5.70. The molecular formula is C14H16BrN3O2. The molecule has 20 heavy (non-hydrogen) atoms. The Morgan fingerprint density at radius 2 is 2.35 bits per heavy atom. The highest BCUT2D eigenvalue weighted by atomic mass is 79.9. The predicted molar refractivity (Wildman–Crippen MR) is 78.8 cm³/mol. The lowest BCUT2D eigenvalue weighted by Crippen LogP contribution is -2.28. The van der Waals surface area contributed by atoms with Gasteiger partial charge in [-0.05, 0) is 53.5 Å². The number of nitrogens with one attached hydrogen (secondary N) is 1. The van der Waals surface area contributed by atoms with E-state index in [-0.39, 0.29) is 0 Å². The molecule has 1 N–H and O–H groups in total.